The zero-order valence-electron chi connectivity index (χ0n) is 16.4. The number of pyridine rings is 2. The van der Waals surface area contributed by atoms with Crippen molar-refractivity contribution >= 4 is 5.57 Å². The van der Waals surface area contributed by atoms with Crippen LogP contribution in [0.3, 0.4) is 0 Å². The SMILES string of the molecule is Cc1ccc(C2=C(COc3nc(C)ncc3-c3ccn(CCO)c(=O)c3)C2)nc1. The Balaban J connectivity index is 1.56. The number of hydrogen-bond acceptors (Lipinski definition) is 6. The Morgan fingerprint density at radius 3 is 2.76 bits per heavy atom. The van der Waals surface area contributed by atoms with Crippen LogP contribution in [0.25, 0.3) is 16.7 Å². The van der Waals surface area contributed by atoms with Gasteiger partial charge in [0.25, 0.3) is 5.56 Å². The number of aryl methyl sites for hydroxylation is 2. The fraction of sp³-hybridized carbons (Fsp3) is 0.273. The lowest BCUT2D eigenvalue weighted by Gasteiger charge is -2.11. The predicted octanol–water partition coefficient (Wildman–Crippen LogP) is 2.55. The Morgan fingerprint density at radius 2 is 2.03 bits per heavy atom. The molecule has 0 aliphatic heterocycles. The van der Waals surface area contributed by atoms with Gasteiger partial charge in [-0.2, -0.15) is 4.98 Å². The summed E-state index contributed by atoms with van der Waals surface area (Å²) in [6.07, 6.45) is 6.07. The molecule has 0 aromatic carbocycles. The van der Waals surface area contributed by atoms with Gasteiger partial charge in [-0.25, -0.2) is 4.98 Å². The Hall–Kier alpha value is -3.32. The third-order valence-corrected chi connectivity index (χ3v) is 4.82. The Kier molecular flexibility index (Phi) is 5.22. The first-order valence-electron chi connectivity index (χ1n) is 9.47. The zero-order valence-corrected chi connectivity index (χ0v) is 16.4. The Bertz CT molecular complexity index is 1130. The van der Waals surface area contributed by atoms with Crippen LogP contribution in [-0.2, 0) is 6.54 Å². The first-order chi connectivity index (χ1) is 14.0. The predicted molar refractivity (Wildman–Crippen MR) is 110 cm³/mol. The highest BCUT2D eigenvalue weighted by molar-refractivity contribution is 5.81. The molecular weight excluding hydrogens is 368 g/mol. The molecule has 7 heteroatoms. The van der Waals surface area contributed by atoms with Gasteiger partial charge in [0, 0.05) is 31.2 Å². The second-order valence-corrected chi connectivity index (χ2v) is 7.08. The van der Waals surface area contributed by atoms with Crippen molar-refractivity contribution in [3.05, 3.63) is 75.9 Å². The minimum Gasteiger partial charge on any atom is -0.473 e. The number of hydrogen-bond donors (Lipinski definition) is 1. The van der Waals surface area contributed by atoms with E-state index in [0.29, 0.717) is 29.4 Å². The van der Waals surface area contributed by atoms with E-state index >= 15 is 0 Å². The molecule has 3 aromatic rings. The van der Waals surface area contributed by atoms with E-state index in [9.17, 15) is 4.79 Å². The summed E-state index contributed by atoms with van der Waals surface area (Å²) in [5.74, 6) is 1.05. The topological polar surface area (TPSA) is 90.1 Å². The number of aliphatic hydroxyl groups excluding tert-OH is 1. The summed E-state index contributed by atoms with van der Waals surface area (Å²) in [6, 6.07) is 7.39. The van der Waals surface area contributed by atoms with Gasteiger partial charge in [-0.1, -0.05) is 6.07 Å². The van der Waals surface area contributed by atoms with Gasteiger partial charge < -0.3 is 14.4 Å². The van der Waals surface area contributed by atoms with Crippen LogP contribution in [0.1, 0.15) is 23.5 Å². The van der Waals surface area contributed by atoms with Crippen LogP contribution in [0.2, 0.25) is 0 Å². The van der Waals surface area contributed by atoms with Crippen LogP contribution in [0.5, 0.6) is 5.88 Å². The molecule has 0 saturated heterocycles. The van der Waals surface area contributed by atoms with Gasteiger partial charge in [-0.15, -0.1) is 0 Å². The van der Waals surface area contributed by atoms with Crippen molar-refractivity contribution < 1.29 is 9.84 Å². The Labute approximate surface area is 168 Å². The van der Waals surface area contributed by atoms with Gasteiger partial charge in [0.15, 0.2) is 0 Å². The summed E-state index contributed by atoms with van der Waals surface area (Å²) in [5, 5.41) is 9.04. The van der Waals surface area contributed by atoms with Crippen LogP contribution in [0.15, 0.2) is 53.2 Å². The quantitative estimate of drug-likeness (QED) is 0.667. The molecule has 0 bridgehead atoms. The zero-order chi connectivity index (χ0) is 20.4. The Morgan fingerprint density at radius 1 is 1.17 bits per heavy atom. The van der Waals surface area contributed by atoms with E-state index in [1.165, 1.54) is 21.8 Å². The molecule has 148 valence electrons. The summed E-state index contributed by atoms with van der Waals surface area (Å²) < 4.78 is 7.46. The highest BCUT2D eigenvalue weighted by atomic mass is 16.5. The monoisotopic (exact) mass is 390 g/mol. The molecular formula is C22H22N4O3. The van der Waals surface area contributed by atoms with Gasteiger partial charge in [0.05, 0.1) is 17.9 Å². The lowest BCUT2D eigenvalue weighted by molar-refractivity contribution is 0.274. The molecule has 29 heavy (non-hydrogen) atoms. The van der Waals surface area contributed by atoms with Gasteiger partial charge >= 0.3 is 0 Å². The third kappa shape index (κ3) is 4.25. The largest absolute Gasteiger partial charge is 0.473 e. The van der Waals surface area contributed by atoms with Crippen molar-refractivity contribution in [3.8, 4) is 17.0 Å². The van der Waals surface area contributed by atoms with Crippen LogP contribution < -0.4 is 10.3 Å². The van der Waals surface area contributed by atoms with Crippen molar-refractivity contribution in [2.24, 2.45) is 0 Å². The molecule has 1 N–H and O–H groups in total. The van der Waals surface area contributed by atoms with Gasteiger partial charge in [-0.05, 0) is 54.7 Å². The van der Waals surface area contributed by atoms with E-state index in [1.807, 2.05) is 19.2 Å². The smallest absolute Gasteiger partial charge is 0.251 e. The number of allylic oxidation sites excluding steroid dienone is 1. The molecule has 0 spiro atoms. The number of aliphatic hydroxyl groups is 1. The maximum absolute atomic E-state index is 12.2. The van der Waals surface area contributed by atoms with Crippen molar-refractivity contribution in [2.45, 2.75) is 26.8 Å². The molecule has 0 saturated carbocycles. The number of rotatable bonds is 7. The molecule has 1 aliphatic carbocycles. The molecule has 3 heterocycles. The van der Waals surface area contributed by atoms with E-state index in [-0.39, 0.29) is 18.7 Å². The third-order valence-electron chi connectivity index (χ3n) is 4.82. The van der Waals surface area contributed by atoms with E-state index < -0.39 is 0 Å². The van der Waals surface area contributed by atoms with Gasteiger partial charge in [0.2, 0.25) is 5.88 Å². The average Bonchev–Trinajstić information content (AvgIpc) is 3.48. The lowest BCUT2D eigenvalue weighted by Crippen LogP contribution is -2.20. The maximum Gasteiger partial charge on any atom is 0.251 e. The van der Waals surface area contributed by atoms with Crippen molar-refractivity contribution in [2.75, 3.05) is 13.2 Å². The van der Waals surface area contributed by atoms with Crippen molar-refractivity contribution in [3.63, 3.8) is 0 Å². The van der Waals surface area contributed by atoms with E-state index in [1.54, 1.807) is 25.4 Å². The van der Waals surface area contributed by atoms with Gasteiger partial charge in [-0.3, -0.25) is 9.78 Å². The summed E-state index contributed by atoms with van der Waals surface area (Å²) >= 11 is 0. The lowest BCUT2D eigenvalue weighted by atomic mass is 10.1. The summed E-state index contributed by atoms with van der Waals surface area (Å²) in [7, 11) is 0. The standard InChI is InChI=1S/C22H22N4O3/c1-14-3-4-20(24-11-14)18-9-17(18)13-29-22-19(12-23-15(2)25-22)16-5-6-26(7-8-27)21(28)10-16/h3-6,10-12,27H,7-9,13H2,1-2H3. The maximum atomic E-state index is 12.2. The fourth-order valence-electron chi connectivity index (χ4n) is 3.11. The average molecular weight is 390 g/mol. The van der Waals surface area contributed by atoms with E-state index in [4.69, 9.17) is 9.84 Å². The van der Waals surface area contributed by atoms with E-state index in [2.05, 4.69) is 21.0 Å². The van der Waals surface area contributed by atoms with Crippen molar-refractivity contribution in [1.29, 1.82) is 0 Å². The molecule has 0 radical (unpaired) electrons. The normalized spacial score (nSPS) is 12.9. The molecule has 7 nitrogen and oxygen atoms in total. The summed E-state index contributed by atoms with van der Waals surface area (Å²) in [4.78, 5) is 25.4. The molecule has 3 aromatic heterocycles. The highest BCUT2D eigenvalue weighted by Crippen LogP contribution is 2.39. The molecule has 0 fully saturated rings. The van der Waals surface area contributed by atoms with Gasteiger partial charge in [0.1, 0.15) is 12.4 Å². The number of ether oxygens (including phenoxy) is 1. The first kappa shape index (κ1) is 19.0. The van der Waals surface area contributed by atoms with Crippen LogP contribution >= 0.6 is 0 Å². The van der Waals surface area contributed by atoms with Crippen LogP contribution in [0.4, 0.5) is 0 Å². The minimum absolute atomic E-state index is 0.0887. The number of aromatic nitrogens is 4. The number of nitrogens with zero attached hydrogens (tertiary/aromatic N) is 4. The fourth-order valence-corrected chi connectivity index (χ4v) is 3.11. The minimum atomic E-state index is -0.194. The highest BCUT2D eigenvalue weighted by Gasteiger charge is 2.25. The molecule has 1 aliphatic rings. The van der Waals surface area contributed by atoms with E-state index in [0.717, 1.165) is 17.7 Å². The molecule has 4 rings (SSSR count). The summed E-state index contributed by atoms with van der Waals surface area (Å²) in [6.45, 7) is 4.42. The molecule has 0 amide bonds. The van der Waals surface area contributed by atoms with Crippen LogP contribution in [-0.4, -0.2) is 37.8 Å². The first-order valence-corrected chi connectivity index (χ1v) is 9.47. The molecule has 0 unspecified atom stereocenters. The van der Waals surface area contributed by atoms with Crippen LogP contribution in [0, 0.1) is 13.8 Å². The second kappa shape index (κ2) is 7.97. The van der Waals surface area contributed by atoms with Crippen molar-refractivity contribution in [1.82, 2.24) is 19.5 Å². The summed E-state index contributed by atoms with van der Waals surface area (Å²) in [5.41, 5.74) is 5.69. The molecule has 0 atom stereocenters. The second-order valence-electron chi connectivity index (χ2n) is 7.08.